The molecule has 5 heterocycles. The number of nitriles is 1. The Hall–Kier alpha value is -6.52. The van der Waals surface area contributed by atoms with Gasteiger partial charge in [0.05, 0.1) is 4.90 Å². The first-order chi connectivity index (χ1) is 22.5. The van der Waals surface area contributed by atoms with Crippen molar-refractivity contribution in [3.63, 3.8) is 0 Å². The molecule has 0 amide bonds. The van der Waals surface area contributed by atoms with E-state index in [9.17, 15) is 13.7 Å². The van der Waals surface area contributed by atoms with Crippen LogP contribution in [0.4, 0.5) is 0 Å². The van der Waals surface area contributed by atoms with Crippen LogP contribution in [0.5, 0.6) is 0 Å². The number of benzene rings is 4. The number of rotatable bonds is 2. The summed E-state index contributed by atoms with van der Waals surface area (Å²) in [4.78, 5) is 35.8. The molecule has 4 aromatic carbocycles. The van der Waals surface area contributed by atoms with Crippen molar-refractivity contribution in [1.29, 1.82) is 5.26 Å². The summed E-state index contributed by atoms with van der Waals surface area (Å²) in [7, 11) is -4.23. The zero-order chi connectivity index (χ0) is 31.0. The first-order valence-corrected chi connectivity index (χ1v) is 15.6. The predicted molar refractivity (Wildman–Crippen MR) is 172 cm³/mol. The lowest BCUT2D eigenvalue weighted by molar-refractivity contribution is 0.592. The van der Waals surface area contributed by atoms with E-state index in [1.807, 2.05) is 77.5 Å². The van der Waals surface area contributed by atoms with Gasteiger partial charge in [0.2, 0.25) is 0 Å². The van der Waals surface area contributed by atoms with E-state index in [4.69, 9.17) is 29.9 Å². The molecule has 8 bridgehead atoms. The van der Waals surface area contributed by atoms with Crippen molar-refractivity contribution < 1.29 is 8.42 Å². The zero-order valence-corrected chi connectivity index (χ0v) is 24.3. The summed E-state index contributed by atoms with van der Waals surface area (Å²) in [5, 5.41) is 11.7. The lowest BCUT2D eigenvalue weighted by Crippen LogP contribution is -2.18. The largest absolute Gasteiger partial charge is 0.324 e. The maximum atomic E-state index is 13.2. The Labute approximate surface area is 259 Å². The van der Waals surface area contributed by atoms with Gasteiger partial charge in [-0.25, -0.2) is 43.0 Å². The molecule has 0 saturated carbocycles. The van der Waals surface area contributed by atoms with Crippen LogP contribution < -0.4 is 4.72 Å². The van der Waals surface area contributed by atoms with E-state index < -0.39 is 10.0 Å². The fraction of sp³-hybridized carbons (Fsp3) is 0. The van der Waals surface area contributed by atoms with Crippen molar-refractivity contribution in [3.8, 4) is 51.7 Å². The second-order valence-electron chi connectivity index (χ2n) is 10.6. The van der Waals surface area contributed by atoms with E-state index >= 15 is 0 Å². The van der Waals surface area contributed by atoms with Gasteiger partial charge in [0.15, 0.2) is 29.5 Å². The average Bonchev–Trinajstić information content (AvgIpc) is 3.80. The minimum atomic E-state index is -4.23. The summed E-state index contributed by atoms with van der Waals surface area (Å²) >= 11 is 0. The molecule has 3 aromatic heterocycles. The van der Waals surface area contributed by atoms with E-state index in [-0.39, 0.29) is 15.9 Å². The fourth-order valence-electron chi connectivity index (χ4n) is 6.00. The van der Waals surface area contributed by atoms with E-state index in [1.54, 1.807) is 12.1 Å². The van der Waals surface area contributed by atoms with Crippen molar-refractivity contribution in [2.45, 2.75) is 4.90 Å². The molecule has 0 fully saturated rings. The van der Waals surface area contributed by atoms with Crippen LogP contribution in [-0.4, -0.2) is 48.3 Å². The second kappa shape index (κ2) is 9.49. The van der Waals surface area contributed by atoms with Gasteiger partial charge in [0, 0.05) is 43.8 Å². The Kier molecular flexibility index (Phi) is 5.35. The van der Waals surface area contributed by atoms with Gasteiger partial charge in [0.25, 0.3) is 10.0 Å². The number of aromatic amines is 2. The molecule has 3 N–H and O–H groups in total. The Morgan fingerprint density at radius 3 is 1.43 bits per heavy atom. The zero-order valence-electron chi connectivity index (χ0n) is 23.5. The highest BCUT2D eigenvalue weighted by Gasteiger charge is 2.24. The molecule has 46 heavy (non-hydrogen) atoms. The minimum absolute atomic E-state index is 0.136. The normalized spacial score (nSPS) is 12.1. The topological polar surface area (TPSA) is 179 Å². The number of nitrogens with one attached hydrogen (secondary N) is 3. The summed E-state index contributed by atoms with van der Waals surface area (Å²) in [6.07, 6.45) is 1.53. The quantitative estimate of drug-likeness (QED) is 0.164. The van der Waals surface area contributed by atoms with Crippen molar-refractivity contribution in [2.24, 2.45) is 0 Å². The lowest BCUT2D eigenvalue weighted by Gasteiger charge is -2.03. The number of aromatic nitrogens is 8. The van der Waals surface area contributed by atoms with Crippen LogP contribution in [0.1, 0.15) is 0 Å². The number of H-pyrrole nitrogens is 2. The van der Waals surface area contributed by atoms with Gasteiger partial charge >= 0.3 is 0 Å². The lowest BCUT2D eigenvalue weighted by atomic mass is 10.1. The third-order valence-corrected chi connectivity index (χ3v) is 9.29. The smallest absolute Gasteiger partial charge is 0.270 e. The summed E-state index contributed by atoms with van der Waals surface area (Å²) in [6.45, 7) is 0. The standard InChI is InChI=1S/C33H18N10O2S/c34-16-35-46(44,45)24-15-7-14-23-25(24)33-42-31-22-13-6-5-12-21(22)29(40-31)38-27-18-9-2-1-8-17(18)26(36-27)37-28-19-10-3-4-11-20(19)30(39-28)41-32(23)43-33/h1-15,35H,(H2,36,37,38,39,40,41,42,43). The van der Waals surface area contributed by atoms with Gasteiger partial charge in [-0.15, -0.1) is 0 Å². The molecule has 7 aromatic rings. The first-order valence-electron chi connectivity index (χ1n) is 14.1. The van der Waals surface area contributed by atoms with Gasteiger partial charge in [-0.05, 0) is 6.07 Å². The Morgan fingerprint density at radius 1 is 0.522 bits per heavy atom. The molecule has 2 aliphatic rings. The first kappa shape index (κ1) is 25.9. The summed E-state index contributed by atoms with van der Waals surface area (Å²) in [5.74, 6) is 1.61. The van der Waals surface area contributed by atoms with E-state index in [0.29, 0.717) is 45.6 Å². The molecule has 0 saturated heterocycles. The molecule has 0 atom stereocenters. The molecule has 218 valence electrons. The molecule has 0 aliphatic carbocycles. The van der Waals surface area contributed by atoms with Gasteiger partial charge in [-0.3, -0.25) is 0 Å². The second-order valence-corrected chi connectivity index (χ2v) is 12.3. The molecule has 9 rings (SSSR count). The highest BCUT2D eigenvalue weighted by Crippen LogP contribution is 2.37. The number of nitrogens with zero attached hydrogens (tertiary/aromatic N) is 7. The third kappa shape index (κ3) is 3.81. The molecule has 0 unspecified atom stereocenters. The minimum Gasteiger partial charge on any atom is -0.324 e. The molecule has 2 aliphatic heterocycles. The number of sulfonamides is 1. The Balaban J connectivity index is 1.51. The van der Waals surface area contributed by atoms with Gasteiger partial charge in [-0.2, -0.15) is 5.26 Å². The molecule has 12 nitrogen and oxygen atoms in total. The number of fused-ring (bicyclic) bond motifs is 20. The third-order valence-electron chi connectivity index (χ3n) is 8.01. The van der Waals surface area contributed by atoms with Crippen LogP contribution in [-0.2, 0) is 10.0 Å². The van der Waals surface area contributed by atoms with E-state index in [0.717, 1.165) is 33.0 Å². The van der Waals surface area contributed by atoms with Crippen LogP contribution in [0.15, 0.2) is 95.9 Å². The van der Waals surface area contributed by atoms with E-state index in [1.165, 1.54) is 12.3 Å². The summed E-state index contributed by atoms with van der Waals surface area (Å²) in [6, 6.07) is 27.8. The molecular weight excluding hydrogens is 600 g/mol. The van der Waals surface area contributed by atoms with Crippen molar-refractivity contribution >= 4 is 54.2 Å². The van der Waals surface area contributed by atoms with Crippen molar-refractivity contribution in [2.75, 3.05) is 0 Å². The van der Waals surface area contributed by atoms with Crippen molar-refractivity contribution in [1.82, 2.24) is 44.6 Å². The highest BCUT2D eigenvalue weighted by molar-refractivity contribution is 7.90. The molecular formula is C33H18N10O2S. The number of hydrogen-bond donors (Lipinski definition) is 3. The van der Waals surface area contributed by atoms with Crippen LogP contribution in [0.3, 0.4) is 0 Å². The molecule has 0 radical (unpaired) electrons. The summed E-state index contributed by atoms with van der Waals surface area (Å²) < 4.78 is 28.4. The van der Waals surface area contributed by atoms with Gasteiger partial charge in [0.1, 0.15) is 22.6 Å². The maximum Gasteiger partial charge on any atom is 0.270 e. The predicted octanol–water partition coefficient (Wildman–Crippen LogP) is 5.63. The summed E-state index contributed by atoms with van der Waals surface area (Å²) in [5.41, 5.74) is 4.71. The monoisotopic (exact) mass is 618 g/mol. The fourth-order valence-corrected chi connectivity index (χ4v) is 6.96. The van der Waals surface area contributed by atoms with Crippen LogP contribution in [0.25, 0.3) is 89.7 Å². The van der Waals surface area contributed by atoms with Gasteiger partial charge in [-0.1, -0.05) is 84.9 Å². The molecule has 0 spiro atoms. The Bertz CT molecular complexity index is 2770. The Morgan fingerprint density at radius 2 is 0.935 bits per heavy atom. The highest BCUT2D eigenvalue weighted by atomic mass is 32.2. The van der Waals surface area contributed by atoms with Crippen LogP contribution in [0.2, 0.25) is 0 Å². The van der Waals surface area contributed by atoms with Gasteiger partial charge < -0.3 is 9.97 Å². The molecule has 13 heteroatoms. The number of hydrogen-bond acceptors (Lipinski definition) is 9. The van der Waals surface area contributed by atoms with Crippen LogP contribution in [0, 0.1) is 11.5 Å². The van der Waals surface area contributed by atoms with Crippen LogP contribution >= 0.6 is 0 Å². The average molecular weight is 619 g/mol. The SMILES string of the molecule is N#CNS(=O)(=O)c1cccc2c3nc4nc(nc5[nH]c(nc6nc(nc([nH]3)c12)-c1ccccc1-6)c1ccccc51)-c1ccccc1-4. The van der Waals surface area contributed by atoms with E-state index in [2.05, 4.69) is 9.97 Å². The maximum absolute atomic E-state index is 13.2. The van der Waals surface area contributed by atoms with Crippen molar-refractivity contribution in [3.05, 3.63) is 91.0 Å².